The third-order valence-corrected chi connectivity index (χ3v) is 5.87. The highest BCUT2D eigenvalue weighted by Crippen LogP contribution is 2.41. The Kier molecular flexibility index (Phi) is 4.91. The summed E-state index contributed by atoms with van der Waals surface area (Å²) in [6.45, 7) is 0.549. The van der Waals surface area contributed by atoms with E-state index in [1.165, 1.54) is 50.1 Å². The van der Waals surface area contributed by atoms with E-state index in [1.54, 1.807) is 0 Å². The van der Waals surface area contributed by atoms with Crippen molar-refractivity contribution in [1.29, 1.82) is 0 Å². The molecule has 0 spiro atoms. The number of aromatic nitrogens is 3. The third-order valence-electron chi connectivity index (χ3n) is 5.87. The molecule has 0 bridgehead atoms. The molecular weight excluding hydrogens is 330 g/mol. The van der Waals surface area contributed by atoms with Gasteiger partial charge in [-0.15, -0.1) is 0 Å². The number of pyridine rings is 1. The monoisotopic (exact) mass is 355 g/mol. The lowest BCUT2D eigenvalue weighted by atomic mass is 9.77. The van der Waals surface area contributed by atoms with Crippen molar-refractivity contribution in [2.24, 2.45) is 5.92 Å². The second-order valence-corrected chi connectivity index (χ2v) is 7.45. The molecule has 0 radical (unpaired) electrons. The number of aldehydes is 1. The van der Waals surface area contributed by atoms with Crippen molar-refractivity contribution in [1.82, 2.24) is 14.8 Å². The largest absolute Gasteiger partial charge is 0.493 e. The Bertz CT molecular complexity index is 769. The number of ether oxygens (including phenoxy) is 1. The minimum absolute atomic E-state index is 0.167. The Morgan fingerprint density at radius 3 is 2.85 bits per heavy atom. The molecule has 2 unspecified atom stereocenters. The van der Waals surface area contributed by atoms with Gasteiger partial charge in [0.25, 0.3) is 0 Å². The molecule has 2 aromatic heterocycles. The van der Waals surface area contributed by atoms with Crippen LogP contribution in [-0.2, 0) is 0 Å². The maximum Gasteiger partial charge on any atom is 0.211 e. The molecule has 6 nitrogen and oxygen atoms in total. The van der Waals surface area contributed by atoms with Gasteiger partial charge in [-0.05, 0) is 38.2 Å². The van der Waals surface area contributed by atoms with E-state index in [0.29, 0.717) is 42.1 Å². The first-order valence-electron chi connectivity index (χ1n) is 9.56. The highest BCUT2D eigenvalue weighted by atomic mass is 16.5. The zero-order valence-corrected chi connectivity index (χ0v) is 14.9. The summed E-state index contributed by atoms with van der Waals surface area (Å²) in [6, 6.07) is 4.07. The average Bonchev–Trinajstić information content (AvgIpc) is 3.08. The lowest BCUT2D eigenvalue weighted by Gasteiger charge is -2.35. The van der Waals surface area contributed by atoms with Crippen LogP contribution in [0, 0.1) is 5.92 Å². The Labute approximate surface area is 153 Å². The normalized spacial score (nSPS) is 23.4. The smallest absolute Gasteiger partial charge is 0.211 e. The number of hydrogen-bond acceptors (Lipinski definition) is 5. The highest BCUT2D eigenvalue weighted by molar-refractivity contribution is 5.79. The summed E-state index contributed by atoms with van der Waals surface area (Å²) in [5.74, 6) is 1.11. The van der Waals surface area contributed by atoms with Crippen molar-refractivity contribution < 1.29 is 14.6 Å². The van der Waals surface area contributed by atoms with Crippen molar-refractivity contribution in [2.45, 2.75) is 56.9 Å². The van der Waals surface area contributed by atoms with E-state index in [-0.39, 0.29) is 5.88 Å². The van der Waals surface area contributed by atoms with Gasteiger partial charge < -0.3 is 9.84 Å². The molecule has 2 saturated carbocycles. The summed E-state index contributed by atoms with van der Waals surface area (Å²) in [7, 11) is 0. The van der Waals surface area contributed by atoms with Crippen LogP contribution in [0.1, 0.15) is 73.0 Å². The molecule has 2 aliphatic rings. The van der Waals surface area contributed by atoms with Crippen molar-refractivity contribution in [2.75, 3.05) is 6.61 Å². The van der Waals surface area contributed by atoms with Crippen LogP contribution in [-0.4, -0.2) is 32.8 Å². The molecule has 2 fully saturated rings. The van der Waals surface area contributed by atoms with E-state index in [1.807, 2.05) is 6.20 Å². The third kappa shape index (κ3) is 3.32. The zero-order chi connectivity index (χ0) is 17.9. The molecule has 0 amide bonds. The van der Waals surface area contributed by atoms with Gasteiger partial charge in [-0.1, -0.05) is 12.8 Å². The van der Waals surface area contributed by atoms with Crippen LogP contribution in [0.4, 0.5) is 0 Å². The molecule has 0 aliphatic heterocycles. The molecule has 0 saturated heterocycles. The summed E-state index contributed by atoms with van der Waals surface area (Å²) in [5, 5.41) is 14.0. The van der Waals surface area contributed by atoms with E-state index in [4.69, 9.17) is 4.74 Å². The van der Waals surface area contributed by atoms with Crippen LogP contribution in [0.25, 0.3) is 0 Å². The molecule has 4 rings (SSSR count). The van der Waals surface area contributed by atoms with E-state index < -0.39 is 0 Å². The molecule has 26 heavy (non-hydrogen) atoms. The first-order valence-corrected chi connectivity index (χ1v) is 9.56. The number of aromatic hydroxyl groups is 1. The Hall–Kier alpha value is -2.37. The Morgan fingerprint density at radius 1 is 1.23 bits per heavy atom. The molecule has 6 heteroatoms. The first-order chi connectivity index (χ1) is 12.8. The summed E-state index contributed by atoms with van der Waals surface area (Å²) in [5.41, 5.74) is 1.67. The average molecular weight is 355 g/mol. The van der Waals surface area contributed by atoms with Crippen LogP contribution in [0.15, 0.2) is 24.5 Å². The summed E-state index contributed by atoms with van der Waals surface area (Å²) < 4.78 is 8.20. The second-order valence-electron chi connectivity index (χ2n) is 7.45. The van der Waals surface area contributed by atoms with E-state index in [9.17, 15) is 9.90 Å². The summed E-state index contributed by atoms with van der Waals surface area (Å²) in [6.07, 6.45) is 12.5. The Morgan fingerprint density at radius 2 is 2.08 bits per heavy atom. The lowest BCUT2D eigenvalue weighted by Crippen LogP contribution is -2.28. The second kappa shape index (κ2) is 7.48. The standard InChI is InChI=1S/C20H25N3O3/c24-12-15-10-20(25)21-11-19(15)26-13-14-4-1-2-7-17(14)18-8-9-22-23(18)16-5-3-6-16/h8-12,14,16-17H,1-7,13H2,(H,21,25). The topological polar surface area (TPSA) is 77.2 Å². The number of carbonyl (C=O) groups is 1. The van der Waals surface area contributed by atoms with Gasteiger partial charge in [0.1, 0.15) is 5.75 Å². The number of carbonyl (C=O) groups excluding carboxylic acids is 1. The van der Waals surface area contributed by atoms with Gasteiger partial charge in [0.15, 0.2) is 6.29 Å². The highest BCUT2D eigenvalue weighted by Gasteiger charge is 2.32. The van der Waals surface area contributed by atoms with Crippen LogP contribution in [0.3, 0.4) is 0 Å². The fourth-order valence-corrected chi connectivity index (χ4v) is 4.21. The van der Waals surface area contributed by atoms with E-state index >= 15 is 0 Å². The number of rotatable bonds is 6. The van der Waals surface area contributed by atoms with Crippen LogP contribution in [0.5, 0.6) is 11.6 Å². The quantitative estimate of drug-likeness (QED) is 0.796. The van der Waals surface area contributed by atoms with Gasteiger partial charge in [-0.2, -0.15) is 5.10 Å². The van der Waals surface area contributed by atoms with Gasteiger partial charge in [0.05, 0.1) is 24.4 Å². The Balaban J connectivity index is 1.50. The van der Waals surface area contributed by atoms with Crippen molar-refractivity contribution in [3.8, 4) is 11.6 Å². The van der Waals surface area contributed by atoms with Gasteiger partial charge in [0.2, 0.25) is 5.88 Å². The zero-order valence-electron chi connectivity index (χ0n) is 14.9. The number of hydrogen-bond donors (Lipinski definition) is 1. The van der Waals surface area contributed by atoms with Crippen molar-refractivity contribution in [3.05, 3.63) is 35.8 Å². The lowest BCUT2D eigenvalue weighted by molar-refractivity contribution is 0.111. The summed E-state index contributed by atoms with van der Waals surface area (Å²) in [4.78, 5) is 15.0. The molecule has 2 aromatic rings. The maximum absolute atomic E-state index is 11.2. The van der Waals surface area contributed by atoms with Gasteiger partial charge >= 0.3 is 0 Å². The van der Waals surface area contributed by atoms with Crippen LogP contribution in [0.2, 0.25) is 0 Å². The predicted molar refractivity (Wildman–Crippen MR) is 96.6 cm³/mol. The molecule has 138 valence electrons. The van der Waals surface area contributed by atoms with E-state index in [0.717, 1.165) is 12.8 Å². The minimum Gasteiger partial charge on any atom is -0.493 e. The molecule has 0 aromatic carbocycles. The van der Waals surface area contributed by atoms with Crippen molar-refractivity contribution in [3.63, 3.8) is 0 Å². The minimum atomic E-state index is -0.167. The first kappa shape index (κ1) is 17.1. The molecule has 1 N–H and O–H groups in total. The summed E-state index contributed by atoms with van der Waals surface area (Å²) >= 11 is 0. The fourth-order valence-electron chi connectivity index (χ4n) is 4.21. The van der Waals surface area contributed by atoms with Gasteiger partial charge in [0, 0.05) is 29.8 Å². The SMILES string of the molecule is O=Cc1cc(O)ncc1OCC1CCCCC1c1ccnn1C1CCC1. The predicted octanol–water partition coefficient (Wildman–Crippen LogP) is 3.87. The molecule has 2 aliphatic carbocycles. The maximum atomic E-state index is 11.2. The molecular formula is C20H25N3O3. The number of nitrogens with zero attached hydrogens (tertiary/aromatic N) is 3. The van der Waals surface area contributed by atoms with Crippen LogP contribution < -0.4 is 4.74 Å². The van der Waals surface area contributed by atoms with Gasteiger partial charge in [-0.3, -0.25) is 9.48 Å². The van der Waals surface area contributed by atoms with Crippen molar-refractivity contribution >= 4 is 6.29 Å². The molecule has 2 heterocycles. The van der Waals surface area contributed by atoms with Crippen LogP contribution >= 0.6 is 0 Å². The van der Waals surface area contributed by atoms with E-state index in [2.05, 4.69) is 20.8 Å². The molecule has 2 atom stereocenters. The fraction of sp³-hybridized carbons (Fsp3) is 0.550. The van der Waals surface area contributed by atoms with Gasteiger partial charge in [-0.25, -0.2) is 4.98 Å².